The number of hydrogen-bond donors (Lipinski definition) is 3. The standard InChI is InChI=1S/C24H24N4O4/c1-16-10-12-18(13-11-16)14-26-24(30)19-6-3-4-7-21(19)27-23(29)15-25-20-8-5-9-22(17(20)2)28(31)32/h3-13,25H,14-15H2,1-2H3,(H,26,30)(H,27,29). The Balaban J connectivity index is 1.62. The number of anilines is 2. The lowest BCUT2D eigenvalue weighted by Gasteiger charge is -2.13. The number of para-hydroxylation sites is 1. The average Bonchev–Trinajstić information content (AvgIpc) is 2.78. The maximum Gasteiger partial charge on any atom is 0.274 e. The number of carbonyl (C=O) groups is 2. The first kappa shape index (κ1) is 22.5. The van der Waals surface area contributed by atoms with Crippen molar-refractivity contribution in [1.82, 2.24) is 5.32 Å². The molecular formula is C24H24N4O4. The predicted molar refractivity (Wildman–Crippen MR) is 124 cm³/mol. The quantitative estimate of drug-likeness (QED) is 0.365. The van der Waals surface area contributed by atoms with Crippen molar-refractivity contribution in [3.05, 3.63) is 99.1 Å². The van der Waals surface area contributed by atoms with E-state index in [4.69, 9.17) is 0 Å². The van der Waals surface area contributed by atoms with E-state index in [1.807, 2.05) is 31.2 Å². The molecule has 0 aliphatic carbocycles. The number of nitro groups is 1. The van der Waals surface area contributed by atoms with Crippen LogP contribution in [0.2, 0.25) is 0 Å². The monoisotopic (exact) mass is 432 g/mol. The molecule has 0 aromatic heterocycles. The van der Waals surface area contributed by atoms with Crippen molar-refractivity contribution >= 4 is 28.9 Å². The minimum absolute atomic E-state index is 0.0222. The van der Waals surface area contributed by atoms with E-state index in [0.717, 1.165) is 11.1 Å². The Hall–Kier alpha value is -4.20. The molecule has 0 heterocycles. The number of carbonyl (C=O) groups excluding carboxylic acids is 2. The number of nitrogens with zero attached hydrogens (tertiary/aromatic N) is 1. The zero-order valence-corrected chi connectivity index (χ0v) is 17.8. The molecule has 3 N–H and O–H groups in total. The number of rotatable bonds is 8. The predicted octanol–water partition coefficient (Wildman–Crippen LogP) is 4.19. The second-order valence-electron chi connectivity index (χ2n) is 7.32. The van der Waals surface area contributed by atoms with Gasteiger partial charge in [-0.05, 0) is 37.6 Å². The second kappa shape index (κ2) is 10.2. The summed E-state index contributed by atoms with van der Waals surface area (Å²) in [5, 5.41) is 19.6. The molecule has 0 atom stereocenters. The summed E-state index contributed by atoms with van der Waals surface area (Å²) < 4.78 is 0. The first-order chi connectivity index (χ1) is 15.3. The van der Waals surface area contributed by atoms with Gasteiger partial charge in [0.1, 0.15) is 0 Å². The van der Waals surface area contributed by atoms with Crippen molar-refractivity contribution in [2.45, 2.75) is 20.4 Å². The van der Waals surface area contributed by atoms with Gasteiger partial charge in [0.15, 0.2) is 0 Å². The van der Waals surface area contributed by atoms with E-state index in [0.29, 0.717) is 29.0 Å². The Morgan fingerprint density at radius 3 is 2.31 bits per heavy atom. The van der Waals surface area contributed by atoms with Crippen LogP contribution in [-0.4, -0.2) is 23.3 Å². The number of nitro benzene ring substituents is 1. The largest absolute Gasteiger partial charge is 0.376 e. The van der Waals surface area contributed by atoms with Crippen molar-refractivity contribution in [1.29, 1.82) is 0 Å². The van der Waals surface area contributed by atoms with E-state index in [-0.39, 0.29) is 24.0 Å². The maximum absolute atomic E-state index is 12.7. The van der Waals surface area contributed by atoms with Gasteiger partial charge >= 0.3 is 0 Å². The van der Waals surface area contributed by atoms with Gasteiger partial charge in [0, 0.05) is 23.9 Å². The van der Waals surface area contributed by atoms with Gasteiger partial charge in [-0.3, -0.25) is 19.7 Å². The lowest BCUT2D eigenvalue weighted by Crippen LogP contribution is -2.27. The molecule has 0 saturated carbocycles. The topological polar surface area (TPSA) is 113 Å². The van der Waals surface area contributed by atoms with Crippen molar-refractivity contribution < 1.29 is 14.5 Å². The van der Waals surface area contributed by atoms with E-state index < -0.39 is 4.92 Å². The zero-order valence-electron chi connectivity index (χ0n) is 17.8. The number of benzene rings is 3. The molecule has 0 fully saturated rings. The van der Waals surface area contributed by atoms with Gasteiger partial charge in [-0.25, -0.2) is 0 Å². The van der Waals surface area contributed by atoms with Gasteiger partial charge in [-0.1, -0.05) is 48.0 Å². The molecule has 0 radical (unpaired) electrons. The number of aryl methyl sites for hydroxylation is 1. The Labute approximate surface area is 185 Å². The highest BCUT2D eigenvalue weighted by molar-refractivity contribution is 6.04. The number of hydrogen-bond acceptors (Lipinski definition) is 5. The molecule has 0 aliphatic heterocycles. The maximum atomic E-state index is 12.7. The Morgan fingerprint density at radius 2 is 1.59 bits per heavy atom. The molecule has 8 heteroatoms. The number of amides is 2. The Bertz CT molecular complexity index is 1140. The molecule has 164 valence electrons. The Morgan fingerprint density at radius 1 is 0.906 bits per heavy atom. The lowest BCUT2D eigenvalue weighted by molar-refractivity contribution is -0.385. The first-order valence-corrected chi connectivity index (χ1v) is 10.1. The summed E-state index contributed by atoms with van der Waals surface area (Å²) in [7, 11) is 0. The van der Waals surface area contributed by atoms with Crippen LogP contribution >= 0.6 is 0 Å². The molecule has 3 rings (SSSR count). The zero-order chi connectivity index (χ0) is 23.1. The van der Waals surface area contributed by atoms with Crippen LogP contribution in [0, 0.1) is 24.0 Å². The molecule has 0 saturated heterocycles. The highest BCUT2D eigenvalue weighted by Gasteiger charge is 2.15. The normalized spacial score (nSPS) is 10.3. The molecule has 8 nitrogen and oxygen atoms in total. The smallest absolute Gasteiger partial charge is 0.274 e. The third-order valence-electron chi connectivity index (χ3n) is 4.96. The molecule has 0 aliphatic rings. The van der Waals surface area contributed by atoms with Crippen molar-refractivity contribution in [2.75, 3.05) is 17.2 Å². The molecule has 3 aromatic carbocycles. The Kier molecular flexibility index (Phi) is 7.17. The van der Waals surface area contributed by atoms with E-state index >= 15 is 0 Å². The molecule has 32 heavy (non-hydrogen) atoms. The van der Waals surface area contributed by atoms with Crippen LogP contribution in [0.15, 0.2) is 66.7 Å². The third kappa shape index (κ3) is 5.69. The third-order valence-corrected chi connectivity index (χ3v) is 4.96. The van der Waals surface area contributed by atoms with Gasteiger partial charge < -0.3 is 16.0 Å². The first-order valence-electron chi connectivity index (χ1n) is 10.1. The fraction of sp³-hybridized carbons (Fsp3) is 0.167. The van der Waals surface area contributed by atoms with Gasteiger partial charge in [-0.15, -0.1) is 0 Å². The molecular weight excluding hydrogens is 408 g/mol. The van der Waals surface area contributed by atoms with Crippen molar-refractivity contribution in [2.24, 2.45) is 0 Å². The summed E-state index contributed by atoms with van der Waals surface area (Å²) in [5.41, 5.74) is 3.77. The van der Waals surface area contributed by atoms with Crippen LogP contribution in [-0.2, 0) is 11.3 Å². The van der Waals surface area contributed by atoms with Crippen molar-refractivity contribution in [3.8, 4) is 0 Å². The summed E-state index contributed by atoms with van der Waals surface area (Å²) in [4.78, 5) is 35.7. The molecule has 0 unspecified atom stereocenters. The van der Waals surface area contributed by atoms with Gasteiger partial charge in [0.05, 0.1) is 22.7 Å². The van der Waals surface area contributed by atoms with E-state index in [9.17, 15) is 19.7 Å². The summed E-state index contributed by atoms with van der Waals surface area (Å²) >= 11 is 0. The van der Waals surface area contributed by atoms with Crippen LogP contribution in [0.1, 0.15) is 27.0 Å². The van der Waals surface area contributed by atoms with Crippen LogP contribution in [0.3, 0.4) is 0 Å². The van der Waals surface area contributed by atoms with Gasteiger partial charge in [0.2, 0.25) is 5.91 Å². The van der Waals surface area contributed by atoms with Crippen molar-refractivity contribution in [3.63, 3.8) is 0 Å². The number of nitrogens with one attached hydrogen (secondary N) is 3. The minimum Gasteiger partial charge on any atom is -0.376 e. The van der Waals surface area contributed by atoms with Gasteiger partial charge in [0.25, 0.3) is 11.6 Å². The molecule has 0 bridgehead atoms. The average molecular weight is 432 g/mol. The second-order valence-corrected chi connectivity index (χ2v) is 7.32. The highest BCUT2D eigenvalue weighted by Crippen LogP contribution is 2.25. The summed E-state index contributed by atoms with van der Waals surface area (Å²) in [6.07, 6.45) is 0. The summed E-state index contributed by atoms with van der Waals surface area (Å²) in [5.74, 6) is -0.682. The summed E-state index contributed by atoms with van der Waals surface area (Å²) in [6.45, 7) is 3.87. The van der Waals surface area contributed by atoms with Gasteiger partial charge in [-0.2, -0.15) is 0 Å². The van der Waals surface area contributed by atoms with E-state index in [1.54, 1.807) is 43.3 Å². The minimum atomic E-state index is -0.466. The highest BCUT2D eigenvalue weighted by atomic mass is 16.6. The van der Waals surface area contributed by atoms with Crippen LogP contribution < -0.4 is 16.0 Å². The molecule has 3 aromatic rings. The van der Waals surface area contributed by atoms with Crippen LogP contribution in [0.25, 0.3) is 0 Å². The van der Waals surface area contributed by atoms with E-state index in [2.05, 4.69) is 16.0 Å². The molecule has 2 amide bonds. The SMILES string of the molecule is Cc1ccc(CNC(=O)c2ccccc2NC(=O)CNc2cccc([N+](=O)[O-])c2C)cc1. The van der Waals surface area contributed by atoms with Crippen LogP contribution in [0.5, 0.6) is 0 Å². The summed E-state index contributed by atoms with van der Waals surface area (Å²) in [6, 6.07) is 19.2. The lowest BCUT2D eigenvalue weighted by atomic mass is 10.1. The van der Waals surface area contributed by atoms with E-state index in [1.165, 1.54) is 6.07 Å². The fourth-order valence-electron chi connectivity index (χ4n) is 3.16. The van der Waals surface area contributed by atoms with Crippen LogP contribution in [0.4, 0.5) is 17.1 Å². The fourth-order valence-corrected chi connectivity index (χ4v) is 3.16. The molecule has 0 spiro atoms.